The van der Waals surface area contributed by atoms with Gasteiger partial charge in [-0.05, 0) is 28.8 Å². The van der Waals surface area contributed by atoms with Crippen molar-refractivity contribution in [3.05, 3.63) is 102 Å². The number of hydrogen-bond donors (Lipinski definition) is 2. The topological polar surface area (TPSA) is 58.6 Å². The normalized spacial score (nSPS) is 11.9. The lowest BCUT2D eigenvalue weighted by atomic mass is 9.96. The molecule has 0 radical (unpaired) electrons. The minimum Gasteiger partial charge on any atom is -0.497 e. The van der Waals surface area contributed by atoms with E-state index >= 15 is 0 Å². The zero-order valence-electron chi connectivity index (χ0n) is 14.5. The molecule has 0 spiro atoms. The van der Waals surface area contributed by atoms with Crippen LogP contribution in [0.5, 0.6) is 5.75 Å². The Bertz CT molecular complexity index is 810. The largest absolute Gasteiger partial charge is 0.497 e. The summed E-state index contributed by atoms with van der Waals surface area (Å²) in [6, 6.07) is 25.7. The van der Waals surface area contributed by atoms with E-state index in [9.17, 15) is 9.90 Å². The Morgan fingerprint density at radius 3 is 1.88 bits per heavy atom. The number of ether oxygens (including phenoxy) is 1. The molecular weight excluding hydrogens is 326 g/mol. The molecule has 3 aromatic carbocycles. The fourth-order valence-corrected chi connectivity index (χ4v) is 2.97. The number of nitrogens with one attached hydrogen (secondary N) is 1. The van der Waals surface area contributed by atoms with E-state index in [0.29, 0.717) is 11.3 Å². The van der Waals surface area contributed by atoms with Crippen molar-refractivity contribution in [1.29, 1.82) is 0 Å². The lowest BCUT2D eigenvalue weighted by Crippen LogP contribution is -2.32. The number of aliphatic carboxylic acids is 1. The number of carboxylic acid groups (broad SMARTS) is 1. The molecule has 2 N–H and O–H groups in total. The molecule has 0 saturated heterocycles. The molecule has 0 unspecified atom stereocenters. The van der Waals surface area contributed by atoms with Gasteiger partial charge in [-0.3, -0.25) is 10.1 Å². The minimum absolute atomic E-state index is 0.246. The molecule has 0 aliphatic rings. The molecule has 4 nitrogen and oxygen atoms in total. The van der Waals surface area contributed by atoms with E-state index in [1.54, 1.807) is 31.4 Å². The standard InChI is InChI=1S/C22H21NO3/c1-26-19-14-8-13-18(15-19)21(22(24)25)23-20(16-9-4-2-5-10-16)17-11-6-3-7-12-17/h2-15,20-21,23H,1H3,(H,24,25)/t21-/m0/s1. The molecule has 1 atom stereocenters. The molecule has 26 heavy (non-hydrogen) atoms. The minimum atomic E-state index is -0.935. The number of rotatable bonds is 7. The van der Waals surface area contributed by atoms with Crippen LogP contribution >= 0.6 is 0 Å². The summed E-state index contributed by atoms with van der Waals surface area (Å²) in [6.07, 6.45) is 0. The number of hydrogen-bond acceptors (Lipinski definition) is 3. The van der Waals surface area contributed by atoms with Crippen molar-refractivity contribution in [3.63, 3.8) is 0 Å². The lowest BCUT2D eigenvalue weighted by Gasteiger charge is -2.25. The van der Waals surface area contributed by atoms with Crippen LogP contribution in [0.4, 0.5) is 0 Å². The van der Waals surface area contributed by atoms with Crippen LogP contribution in [0.25, 0.3) is 0 Å². The molecule has 3 aromatic rings. The highest BCUT2D eigenvalue weighted by atomic mass is 16.5. The maximum absolute atomic E-state index is 12.0. The average molecular weight is 347 g/mol. The number of carboxylic acids is 1. The van der Waals surface area contributed by atoms with Gasteiger partial charge in [-0.25, -0.2) is 0 Å². The monoisotopic (exact) mass is 347 g/mol. The van der Waals surface area contributed by atoms with Gasteiger partial charge in [-0.15, -0.1) is 0 Å². The first kappa shape index (κ1) is 17.7. The Hall–Kier alpha value is -3.11. The number of benzene rings is 3. The molecule has 0 fully saturated rings. The van der Waals surface area contributed by atoms with E-state index in [2.05, 4.69) is 5.32 Å². The number of methoxy groups -OCH3 is 1. The molecule has 0 aromatic heterocycles. The van der Waals surface area contributed by atoms with Crippen molar-refractivity contribution in [2.24, 2.45) is 0 Å². The Kier molecular flexibility index (Phi) is 5.66. The maximum Gasteiger partial charge on any atom is 0.325 e. The van der Waals surface area contributed by atoms with Crippen LogP contribution in [0.1, 0.15) is 28.8 Å². The predicted octanol–water partition coefficient (Wildman–Crippen LogP) is 4.20. The third-order valence-corrected chi connectivity index (χ3v) is 4.27. The van der Waals surface area contributed by atoms with Crippen molar-refractivity contribution in [2.75, 3.05) is 7.11 Å². The smallest absolute Gasteiger partial charge is 0.325 e. The summed E-state index contributed by atoms with van der Waals surface area (Å²) in [4.78, 5) is 12.0. The quantitative estimate of drug-likeness (QED) is 0.672. The summed E-state index contributed by atoms with van der Waals surface area (Å²) in [5, 5.41) is 13.1. The molecule has 3 rings (SSSR count). The predicted molar refractivity (Wildman–Crippen MR) is 101 cm³/mol. The van der Waals surface area contributed by atoms with Crippen LogP contribution < -0.4 is 10.1 Å². The molecule has 0 heterocycles. The van der Waals surface area contributed by atoms with Gasteiger partial charge in [0, 0.05) is 0 Å². The van der Waals surface area contributed by atoms with Gasteiger partial charge in [0.05, 0.1) is 13.2 Å². The second-order valence-electron chi connectivity index (χ2n) is 5.97. The Labute approximate surface area is 153 Å². The molecular formula is C22H21NO3. The Morgan fingerprint density at radius 1 is 0.846 bits per heavy atom. The SMILES string of the molecule is COc1cccc([C@H](NC(c2ccccc2)c2ccccc2)C(=O)O)c1. The molecule has 0 aliphatic carbocycles. The third-order valence-electron chi connectivity index (χ3n) is 4.27. The van der Waals surface area contributed by atoms with E-state index in [1.807, 2.05) is 60.7 Å². The van der Waals surface area contributed by atoms with Crippen LogP contribution in [0.15, 0.2) is 84.9 Å². The highest BCUT2D eigenvalue weighted by Crippen LogP contribution is 2.27. The van der Waals surface area contributed by atoms with Gasteiger partial charge in [0.25, 0.3) is 0 Å². The zero-order chi connectivity index (χ0) is 18.4. The van der Waals surface area contributed by atoms with Gasteiger partial charge in [0.15, 0.2) is 0 Å². The second kappa shape index (κ2) is 8.32. The van der Waals surface area contributed by atoms with Crippen molar-refractivity contribution < 1.29 is 14.6 Å². The van der Waals surface area contributed by atoms with Crippen LogP contribution in [0.3, 0.4) is 0 Å². The first-order chi connectivity index (χ1) is 12.7. The zero-order valence-corrected chi connectivity index (χ0v) is 14.5. The van der Waals surface area contributed by atoms with Gasteiger partial charge in [-0.1, -0.05) is 72.8 Å². The van der Waals surface area contributed by atoms with Crippen LogP contribution in [0.2, 0.25) is 0 Å². The first-order valence-electron chi connectivity index (χ1n) is 8.41. The molecule has 0 aliphatic heterocycles. The lowest BCUT2D eigenvalue weighted by molar-refractivity contribution is -0.139. The van der Waals surface area contributed by atoms with E-state index in [1.165, 1.54) is 0 Å². The van der Waals surface area contributed by atoms with Crippen molar-refractivity contribution in [1.82, 2.24) is 5.32 Å². The molecule has 0 bridgehead atoms. The fourth-order valence-electron chi connectivity index (χ4n) is 2.97. The Balaban J connectivity index is 1.99. The van der Waals surface area contributed by atoms with Crippen molar-refractivity contribution >= 4 is 5.97 Å². The molecule has 0 saturated carbocycles. The van der Waals surface area contributed by atoms with E-state index in [4.69, 9.17) is 4.74 Å². The summed E-state index contributed by atoms with van der Waals surface area (Å²) in [6.45, 7) is 0. The summed E-state index contributed by atoms with van der Waals surface area (Å²) in [5.74, 6) is -0.304. The third kappa shape index (κ3) is 4.10. The average Bonchev–Trinajstić information content (AvgIpc) is 2.70. The Morgan fingerprint density at radius 2 is 1.38 bits per heavy atom. The molecule has 4 heteroatoms. The highest BCUT2D eigenvalue weighted by Gasteiger charge is 2.25. The van der Waals surface area contributed by atoms with Gasteiger partial charge >= 0.3 is 5.97 Å². The number of carbonyl (C=O) groups is 1. The van der Waals surface area contributed by atoms with Crippen molar-refractivity contribution in [2.45, 2.75) is 12.1 Å². The van der Waals surface area contributed by atoms with E-state index in [0.717, 1.165) is 11.1 Å². The maximum atomic E-state index is 12.0. The second-order valence-corrected chi connectivity index (χ2v) is 5.97. The summed E-state index contributed by atoms with van der Waals surface area (Å²) >= 11 is 0. The van der Waals surface area contributed by atoms with Gasteiger partial charge in [0.1, 0.15) is 11.8 Å². The van der Waals surface area contributed by atoms with E-state index in [-0.39, 0.29) is 6.04 Å². The summed E-state index contributed by atoms with van der Waals surface area (Å²) in [7, 11) is 1.57. The van der Waals surface area contributed by atoms with Crippen molar-refractivity contribution in [3.8, 4) is 5.75 Å². The summed E-state index contributed by atoms with van der Waals surface area (Å²) in [5.41, 5.74) is 2.66. The summed E-state index contributed by atoms with van der Waals surface area (Å²) < 4.78 is 5.24. The van der Waals surface area contributed by atoms with Gasteiger partial charge in [-0.2, -0.15) is 0 Å². The molecule has 132 valence electrons. The van der Waals surface area contributed by atoms with Crippen LogP contribution in [-0.2, 0) is 4.79 Å². The van der Waals surface area contributed by atoms with E-state index < -0.39 is 12.0 Å². The van der Waals surface area contributed by atoms with Crippen LogP contribution in [0, 0.1) is 0 Å². The first-order valence-corrected chi connectivity index (χ1v) is 8.41. The van der Waals surface area contributed by atoms with Gasteiger partial charge in [0.2, 0.25) is 0 Å². The fraction of sp³-hybridized carbons (Fsp3) is 0.136. The highest BCUT2D eigenvalue weighted by molar-refractivity contribution is 5.76. The van der Waals surface area contributed by atoms with Gasteiger partial charge < -0.3 is 9.84 Å². The molecule has 0 amide bonds. The van der Waals surface area contributed by atoms with Crippen LogP contribution in [-0.4, -0.2) is 18.2 Å².